The van der Waals surface area contributed by atoms with Gasteiger partial charge in [0.25, 0.3) is 0 Å². The van der Waals surface area contributed by atoms with Gasteiger partial charge in [-0.05, 0) is 89.9 Å². The summed E-state index contributed by atoms with van der Waals surface area (Å²) >= 11 is 0. The smallest absolute Gasteiger partial charge is 0.306 e. The molecule has 11 heteroatoms. The number of aliphatic hydroxyl groups is 5. The van der Waals surface area contributed by atoms with Crippen LogP contribution in [0.25, 0.3) is 0 Å². The second-order valence-corrected chi connectivity index (χ2v) is 21.8. The lowest BCUT2D eigenvalue weighted by Gasteiger charge is -2.41. The van der Waals surface area contributed by atoms with Crippen molar-refractivity contribution in [2.45, 2.75) is 327 Å². The maximum atomic E-state index is 13.4. The van der Waals surface area contributed by atoms with Crippen LogP contribution in [-0.4, -0.2) is 99.6 Å². The van der Waals surface area contributed by atoms with E-state index in [0.29, 0.717) is 12.8 Å². The van der Waals surface area contributed by atoms with E-state index in [1.165, 1.54) is 148 Å². The van der Waals surface area contributed by atoms with Gasteiger partial charge in [0.1, 0.15) is 24.4 Å². The molecule has 6 N–H and O–H groups in total. The Morgan fingerprint density at radius 3 is 1.39 bits per heavy atom. The minimum atomic E-state index is -1.62. The number of hydrogen-bond acceptors (Lipinski definition) is 10. The molecule has 0 aromatic carbocycles. The van der Waals surface area contributed by atoms with Gasteiger partial charge >= 0.3 is 5.97 Å². The molecule has 1 heterocycles. The molecule has 0 radical (unpaired) electrons. The molecule has 1 aliphatic heterocycles. The molecule has 442 valence electrons. The highest BCUT2D eigenvalue weighted by Gasteiger charge is 2.47. The minimum absolute atomic E-state index is 0.102. The van der Waals surface area contributed by atoms with Crippen molar-refractivity contribution in [2.24, 2.45) is 0 Å². The first-order chi connectivity index (χ1) is 37.2. The zero-order valence-electron chi connectivity index (χ0n) is 48.9. The fourth-order valence-corrected chi connectivity index (χ4v) is 9.59. The normalized spacial score (nSPS) is 19.5. The monoisotopic (exact) mass is 1070 g/mol. The summed E-state index contributed by atoms with van der Waals surface area (Å²) in [4.78, 5) is 26.5. The van der Waals surface area contributed by atoms with Crippen molar-refractivity contribution in [3.05, 3.63) is 60.8 Å². The minimum Gasteiger partial charge on any atom is -0.454 e. The molecule has 1 saturated heterocycles. The maximum Gasteiger partial charge on any atom is 0.306 e. The number of rotatable bonds is 53. The first-order valence-electron chi connectivity index (χ1n) is 31.6. The van der Waals surface area contributed by atoms with Gasteiger partial charge in [-0.1, -0.05) is 242 Å². The zero-order valence-corrected chi connectivity index (χ0v) is 48.9. The molecule has 0 aliphatic carbocycles. The molecule has 0 saturated carbocycles. The number of esters is 1. The highest BCUT2D eigenvalue weighted by atomic mass is 16.7. The van der Waals surface area contributed by atoms with Crippen LogP contribution in [0.4, 0.5) is 0 Å². The molecule has 0 aromatic rings. The molecular weight excluding hydrogens is 955 g/mol. The van der Waals surface area contributed by atoms with Crippen LogP contribution in [0, 0.1) is 0 Å². The highest BCUT2D eigenvalue weighted by molar-refractivity contribution is 5.80. The van der Waals surface area contributed by atoms with Gasteiger partial charge in [-0.15, -0.1) is 0 Å². The average Bonchev–Trinajstić information content (AvgIpc) is 3.42. The van der Waals surface area contributed by atoms with Gasteiger partial charge in [0.05, 0.1) is 25.4 Å². The fourth-order valence-electron chi connectivity index (χ4n) is 9.59. The molecule has 1 rings (SSSR count). The van der Waals surface area contributed by atoms with E-state index in [0.717, 1.165) is 83.5 Å². The van der Waals surface area contributed by atoms with Crippen LogP contribution in [-0.2, 0) is 23.8 Å². The van der Waals surface area contributed by atoms with Gasteiger partial charge < -0.3 is 45.1 Å². The first kappa shape index (κ1) is 71.4. The van der Waals surface area contributed by atoms with Crippen molar-refractivity contribution in [1.82, 2.24) is 5.32 Å². The van der Waals surface area contributed by atoms with Crippen molar-refractivity contribution in [3.63, 3.8) is 0 Å². The van der Waals surface area contributed by atoms with Crippen LogP contribution in [0.1, 0.15) is 278 Å². The lowest BCUT2D eigenvalue weighted by molar-refractivity contribution is -0.305. The summed E-state index contributed by atoms with van der Waals surface area (Å²) in [5.74, 6) is -1.21. The molecule has 0 aromatic heterocycles. The molecule has 8 atom stereocenters. The van der Waals surface area contributed by atoms with Gasteiger partial charge in [-0.25, -0.2) is 0 Å². The predicted molar refractivity (Wildman–Crippen MR) is 315 cm³/mol. The number of ether oxygens (including phenoxy) is 3. The predicted octanol–water partition coefficient (Wildman–Crippen LogP) is 15.0. The van der Waals surface area contributed by atoms with Crippen LogP contribution in [0.5, 0.6) is 0 Å². The maximum absolute atomic E-state index is 13.4. The SMILES string of the molecule is CCCCC/C=C\C/C=C\C/C=C\CCCCCCCCCCCC(O)C(=O)NC(COC1OC(CO)C(O)C(O)C1OC(=O)CCCCC/C=C\CCCCCCCC)C(O)/C=C/CCCCCCCCCCCC. The number of hydrogen-bond donors (Lipinski definition) is 6. The lowest BCUT2D eigenvalue weighted by Crippen LogP contribution is -2.61. The van der Waals surface area contributed by atoms with Gasteiger partial charge in [0, 0.05) is 6.42 Å². The molecule has 76 heavy (non-hydrogen) atoms. The molecule has 1 aliphatic rings. The Hall–Kier alpha value is -2.64. The number of carbonyl (C=O) groups is 2. The van der Waals surface area contributed by atoms with Crippen LogP contribution < -0.4 is 5.32 Å². The van der Waals surface area contributed by atoms with E-state index in [-0.39, 0.29) is 19.4 Å². The van der Waals surface area contributed by atoms with E-state index in [1.54, 1.807) is 6.08 Å². The van der Waals surface area contributed by atoms with Crippen molar-refractivity contribution >= 4 is 11.9 Å². The number of allylic oxidation sites excluding steroid dienone is 9. The zero-order chi connectivity index (χ0) is 55.4. The Labute approximate surface area is 465 Å². The van der Waals surface area contributed by atoms with Gasteiger partial charge in [0.15, 0.2) is 12.4 Å². The number of nitrogens with one attached hydrogen (secondary N) is 1. The summed E-state index contributed by atoms with van der Waals surface area (Å²) in [6, 6.07) is -1.03. The summed E-state index contributed by atoms with van der Waals surface area (Å²) in [6.45, 7) is 5.74. The van der Waals surface area contributed by atoms with Crippen LogP contribution >= 0.6 is 0 Å². The fraction of sp³-hybridized carbons (Fsp3) is 0.815. The Kier molecular flexibility index (Phi) is 49.8. The Bertz CT molecular complexity index is 1460. The van der Waals surface area contributed by atoms with E-state index in [4.69, 9.17) is 14.2 Å². The number of amides is 1. The average molecular weight is 1070 g/mol. The van der Waals surface area contributed by atoms with Crippen molar-refractivity contribution in [1.29, 1.82) is 0 Å². The number of unbranched alkanes of at least 4 members (excludes halogenated alkanes) is 31. The largest absolute Gasteiger partial charge is 0.454 e. The third kappa shape index (κ3) is 40.5. The standard InChI is InChI=1S/C65H117NO10/c1-4-7-10-13-16-19-22-25-26-27-28-29-30-31-32-33-35-37-40-43-46-49-52-58(69)64(73)66-56(57(68)51-48-45-42-39-36-24-21-18-15-12-9-6-3)55-74-65-63(62(72)61(71)59(54-67)75-65)76-60(70)53-50-47-44-41-38-34-23-20-17-14-11-8-5-2/h16,19,25-26,28-29,34,38,48,51,56-59,61-63,65,67-69,71-72H,4-15,17-18,20-24,27,30-33,35-37,39-47,49-50,52-55H2,1-3H3,(H,66,73)/b19-16-,26-25-,29-28-,38-34-,51-48+. The van der Waals surface area contributed by atoms with Gasteiger partial charge in [-0.2, -0.15) is 0 Å². The van der Waals surface area contributed by atoms with Crippen molar-refractivity contribution in [2.75, 3.05) is 13.2 Å². The van der Waals surface area contributed by atoms with E-state index in [1.807, 2.05) is 6.08 Å². The number of aliphatic hydroxyl groups excluding tert-OH is 5. The second kappa shape index (κ2) is 53.0. The topological polar surface area (TPSA) is 175 Å². The lowest BCUT2D eigenvalue weighted by atomic mass is 9.99. The Balaban J connectivity index is 2.66. The van der Waals surface area contributed by atoms with E-state index in [2.05, 4.69) is 74.7 Å². The molecule has 8 unspecified atom stereocenters. The third-order valence-corrected chi connectivity index (χ3v) is 14.6. The van der Waals surface area contributed by atoms with Crippen LogP contribution in [0.15, 0.2) is 60.8 Å². The van der Waals surface area contributed by atoms with Crippen LogP contribution in [0.2, 0.25) is 0 Å². The molecular formula is C65H117NO10. The molecule has 1 amide bonds. The molecule has 1 fully saturated rings. The van der Waals surface area contributed by atoms with E-state index < -0.39 is 67.4 Å². The summed E-state index contributed by atoms with van der Waals surface area (Å²) in [6.07, 6.45) is 55.5. The summed E-state index contributed by atoms with van der Waals surface area (Å²) in [5, 5.41) is 57.0. The van der Waals surface area contributed by atoms with Gasteiger partial charge in [-0.3, -0.25) is 9.59 Å². The Morgan fingerprint density at radius 2 is 0.908 bits per heavy atom. The van der Waals surface area contributed by atoms with Gasteiger partial charge in [0.2, 0.25) is 5.91 Å². The first-order valence-corrected chi connectivity index (χ1v) is 31.6. The number of carbonyl (C=O) groups excluding carboxylic acids is 2. The Morgan fingerprint density at radius 1 is 0.513 bits per heavy atom. The van der Waals surface area contributed by atoms with Crippen LogP contribution in [0.3, 0.4) is 0 Å². The molecule has 0 spiro atoms. The van der Waals surface area contributed by atoms with E-state index in [9.17, 15) is 35.1 Å². The van der Waals surface area contributed by atoms with E-state index >= 15 is 0 Å². The second-order valence-electron chi connectivity index (χ2n) is 21.8. The molecule has 0 bridgehead atoms. The van der Waals surface area contributed by atoms with Crippen molar-refractivity contribution < 1.29 is 49.3 Å². The quantitative estimate of drug-likeness (QED) is 0.0195. The highest BCUT2D eigenvalue weighted by Crippen LogP contribution is 2.26. The summed E-state index contributed by atoms with van der Waals surface area (Å²) in [7, 11) is 0. The third-order valence-electron chi connectivity index (χ3n) is 14.6. The molecule has 11 nitrogen and oxygen atoms in total. The summed E-state index contributed by atoms with van der Waals surface area (Å²) in [5.41, 5.74) is 0. The summed E-state index contributed by atoms with van der Waals surface area (Å²) < 4.78 is 17.6. The van der Waals surface area contributed by atoms with Crippen molar-refractivity contribution in [3.8, 4) is 0 Å².